The Balaban J connectivity index is 1.28. The first-order chi connectivity index (χ1) is 13.0. The first kappa shape index (κ1) is 16.9. The molecule has 0 amide bonds. The molecule has 27 heavy (non-hydrogen) atoms. The average Bonchev–Trinajstić information content (AvgIpc) is 3.31. The lowest BCUT2D eigenvalue weighted by atomic mass is 9.92. The summed E-state index contributed by atoms with van der Waals surface area (Å²) < 4.78 is 0. The number of anilines is 2. The van der Waals surface area contributed by atoms with Crippen molar-refractivity contribution in [2.24, 2.45) is 11.8 Å². The zero-order chi connectivity index (χ0) is 18.6. The molecule has 0 N–H and O–H groups in total. The Bertz CT molecular complexity index is 827. The highest BCUT2D eigenvalue weighted by Crippen LogP contribution is 2.39. The number of fused-ring (bicyclic) bond motifs is 1. The van der Waals surface area contributed by atoms with Crippen LogP contribution >= 0.6 is 0 Å². The van der Waals surface area contributed by atoms with Gasteiger partial charge in [0.1, 0.15) is 23.8 Å². The molecule has 0 aromatic carbocycles. The molecule has 3 aliphatic rings. The molecule has 2 aromatic rings. The lowest BCUT2D eigenvalue weighted by Gasteiger charge is -2.24. The standard InChI is InChI=1S/C21H28N6/c1-21(2,3)17-8-19(24-13-23-17)27-11-15-9-26(10-16(15)12-27)18-6-7-22-20(25-18)14-4-5-14/h6-8,13-16H,4-5,9-12H2,1-3H3. The average molecular weight is 364 g/mol. The van der Waals surface area contributed by atoms with Crippen LogP contribution in [0.2, 0.25) is 0 Å². The van der Waals surface area contributed by atoms with E-state index in [4.69, 9.17) is 4.98 Å². The predicted octanol–water partition coefficient (Wildman–Crippen LogP) is 3.01. The SMILES string of the molecule is CC(C)(C)c1cc(N2CC3CN(c4ccnc(C5CC5)n4)CC3C2)ncn1. The fraction of sp³-hybridized carbons (Fsp3) is 0.619. The largest absolute Gasteiger partial charge is 0.356 e. The third-order valence-electron chi connectivity index (χ3n) is 6.16. The third kappa shape index (κ3) is 3.26. The van der Waals surface area contributed by atoms with E-state index >= 15 is 0 Å². The molecule has 2 aliphatic heterocycles. The highest BCUT2D eigenvalue weighted by atomic mass is 15.3. The smallest absolute Gasteiger partial charge is 0.133 e. The second-order valence-electron chi connectivity index (χ2n) is 9.39. The van der Waals surface area contributed by atoms with Crippen LogP contribution < -0.4 is 9.80 Å². The van der Waals surface area contributed by atoms with Crippen LogP contribution in [-0.2, 0) is 5.41 Å². The number of hydrogen-bond acceptors (Lipinski definition) is 6. The first-order valence-corrected chi connectivity index (χ1v) is 10.1. The molecule has 2 unspecified atom stereocenters. The van der Waals surface area contributed by atoms with Crippen molar-refractivity contribution in [1.82, 2.24) is 19.9 Å². The first-order valence-electron chi connectivity index (χ1n) is 10.1. The Labute approximate surface area is 161 Å². The van der Waals surface area contributed by atoms with Gasteiger partial charge in [-0.1, -0.05) is 20.8 Å². The highest BCUT2D eigenvalue weighted by Gasteiger charge is 2.41. The normalized spacial score (nSPS) is 25.1. The molecule has 6 heteroatoms. The van der Waals surface area contributed by atoms with Crippen LogP contribution in [0.5, 0.6) is 0 Å². The minimum absolute atomic E-state index is 0.0519. The van der Waals surface area contributed by atoms with Crippen molar-refractivity contribution in [3.05, 3.63) is 36.2 Å². The number of nitrogens with zero attached hydrogens (tertiary/aromatic N) is 6. The quantitative estimate of drug-likeness (QED) is 0.834. The van der Waals surface area contributed by atoms with Crippen molar-refractivity contribution in [3.63, 3.8) is 0 Å². The summed E-state index contributed by atoms with van der Waals surface area (Å²) in [6.45, 7) is 10.9. The molecule has 3 fully saturated rings. The maximum absolute atomic E-state index is 4.84. The molecule has 5 rings (SSSR count). The van der Waals surface area contributed by atoms with E-state index in [-0.39, 0.29) is 5.41 Å². The maximum atomic E-state index is 4.84. The van der Waals surface area contributed by atoms with E-state index in [1.807, 2.05) is 6.20 Å². The van der Waals surface area contributed by atoms with Crippen LogP contribution in [-0.4, -0.2) is 46.1 Å². The second-order valence-corrected chi connectivity index (χ2v) is 9.39. The number of hydrogen-bond donors (Lipinski definition) is 0. The van der Waals surface area contributed by atoms with Crippen LogP contribution in [0.25, 0.3) is 0 Å². The van der Waals surface area contributed by atoms with Crippen molar-refractivity contribution in [1.29, 1.82) is 0 Å². The van der Waals surface area contributed by atoms with Gasteiger partial charge in [-0.2, -0.15) is 0 Å². The summed E-state index contributed by atoms with van der Waals surface area (Å²) in [5.41, 5.74) is 1.16. The lowest BCUT2D eigenvalue weighted by molar-refractivity contribution is 0.533. The molecule has 0 spiro atoms. The summed E-state index contributed by atoms with van der Waals surface area (Å²) in [6.07, 6.45) is 6.15. The molecule has 4 heterocycles. The van der Waals surface area contributed by atoms with E-state index in [0.29, 0.717) is 17.8 Å². The van der Waals surface area contributed by atoms with E-state index < -0.39 is 0 Å². The molecular formula is C21H28N6. The van der Waals surface area contributed by atoms with E-state index in [1.54, 1.807) is 6.33 Å². The molecule has 6 nitrogen and oxygen atoms in total. The van der Waals surface area contributed by atoms with Gasteiger partial charge in [0.15, 0.2) is 0 Å². The Morgan fingerprint density at radius 1 is 0.889 bits per heavy atom. The topological polar surface area (TPSA) is 58.0 Å². The van der Waals surface area contributed by atoms with Gasteiger partial charge in [-0.3, -0.25) is 0 Å². The summed E-state index contributed by atoms with van der Waals surface area (Å²) in [4.78, 5) is 23.2. The van der Waals surface area contributed by atoms with Crippen molar-refractivity contribution in [2.45, 2.75) is 44.9 Å². The molecule has 0 bridgehead atoms. The van der Waals surface area contributed by atoms with Crippen molar-refractivity contribution >= 4 is 11.6 Å². The Morgan fingerprint density at radius 3 is 2.19 bits per heavy atom. The third-order valence-corrected chi connectivity index (χ3v) is 6.16. The fourth-order valence-corrected chi connectivity index (χ4v) is 4.38. The zero-order valence-electron chi connectivity index (χ0n) is 16.5. The summed E-state index contributed by atoms with van der Waals surface area (Å²) in [5.74, 6) is 5.20. The van der Waals surface area contributed by atoms with E-state index in [2.05, 4.69) is 57.7 Å². The van der Waals surface area contributed by atoms with Crippen molar-refractivity contribution < 1.29 is 0 Å². The monoisotopic (exact) mass is 364 g/mol. The molecule has 1 aliphatic carbocycles. The van der Waals surface area contributed by atoms with Gasteiger partial charge in [0.25, 0.3) is 0 Å². The molecule has 142 valence electrons. The Morgan fingerprint density at radius 2 is 1.56 bits per heavy atom. The van der Waals surface area contributed by atoms with Crippen LogP contribution in [0.4, 0.5) is 11.6 Å². The summed E-state index contributed by atoms with van der Waals surface area (Å²) in [6, 6.07) is 4.25. The second kappa shape index (κ2) is 6.14. The molecule has 2 saturated heterocycles. The van der Waals surface area contributed by atoms with Gasteiger partial charge in [-0.05, 0) is 18.9 Å². The Hall–Kier alpha value is -2.24. The van der Waals surface area contributed by atoms with Gasteiger partial charge < -0.3 is 9.80 Å². The van der Waals surface area contributed by atoms with E-state index in [1.165, 1.54) is 12.8 Å². The number of rotatable bonds is 3. The summed E-state index contributed by atoms with van der Waals surface area (Å²) in [7, 11) is 0. The Kier molecular flexibility index (Phi) is 3.85. The van der Waals surface area contributed by atoms with Gasteiger partial charge in [-0.15, -0.1) is 0 Å². The molecule has 1 saturated carbocycles. The van der Waals surface area contributed by atoms with Gasteiger partial charge >= 0.3 is 0 Å². The predicted molar refractivity (Wildman–Crippen MR) is 106 cm³/mol. The van der Waals surface area contributed by atoms with Crippen LogP contribution in [0, 0.1) is 11.8 Å². The van der Waals surface area contributed by atoms with Crippen molar-refractivity contribution in [2.75, 3.05) is 36.0 Å². The van der Waals surface area contributed by atoms with Gasteiger partial charge in [0.05, 0.1) is 5.69 Å². The highest BCUT2D eigenvalue weighted by molar-refractivity contribution is 5.45. The van der Waals surface area contributed by atoms with Crippen LogP contribution in [0.1, 0.15) is 51.0 Å². The fourth-order valence-electron chi connectivity index (χ4n) is 4.38. The van der Waals surface area contributed by atoms with Gasteiger partial charge in [-0.25, -0.2) is 19.9 Å². The van der Waals surface area contributed by atoms with E-state index in [9.17, 15) is 0 Å². The summed E-state index contributed by atoms with van der Waals surface area (Å²) >= 11 is 0. The lowest BCUT2D eigenvalue weighted by Crippen LogP contribution is -2.30. The van der Waals surface area contributed by atoms with Gasteiger partial charge in [0, 0.05) is 61.6 Å². The van der Waals surface area contributed by atoms with Crippen LogP contribution in [0.3, 0.4) is 0 Å². The molecular weight excluding hydrogens is 336 g/mol. The molecule has 0 radical (unpaired) electrons. The zero-order valence-corrected chi connectivity index (χ0v) is 16.5. The molecule has 2 aromatic heterocycles. The van der Waals surface area contributed by atoms with Crippen molar-refractivity contribution in [3.8, 4) is 0 Å². The summed E-state index contributed by atoms with van der Waals surface area (Å²) in [5, 5.41) is 0. The van der Waals surface area contributed by atoms with Crippen LogP contribution in [0.15, 0.2) is 24.7 Å². The number of aromatic nitrogens is 4. The minimum atomic E-state index is 0.0519. The maximum Gasteiger partial charge on any atom is 0.133 e. The minimum Gasteiger partial charge on any atom is -0.356 e. The van der Waals surface area contributed by atoms with Gasteiger partial charge in [0.2, 0.25) is 0 Å². The van der Waals surface area contributed by atoms with E-state index in [0.717, 1.165) is 49.3 Å². The molecule has 2 atom stereocenters.